The first kappa shape index (κ1) is 17.2. The summed E-state index contributed by atoms with van der Waals surface area (Å²) in [5, 5.41) is 0. The van der Waals surface area contributed by atoms with Gasteiger partial charge in [-0.3, -0.25) is 4.79 Å². The Morgan fingerprint density at radius 3 is 2.35 bits per heavy atom. The molecule has 5 aliphatic rings. The van der Waals surface area contributed by atoms with Crippen LogP contribution in [-0.4, -0.2) is 41.3 Å². The van der Waals surface area contributed by atoms with Gasteiger partial charge >= 0.3 is 0 Å². The third-order valence-corrected chi connectivity index (χ3v) is 8.43. The van der Waals surface area contributed by atoms with Gasteiger partial charge in [-0.1, -0.05) is 46.3 Å². The van der Waals surface area contributed by atoms with Crippen LogP contribution in [0.1, 0.15) is 44.1 Å². The van der Waals surface area contributed by atoms with Gasteiger partial charge in [-0.05, 0) is 50.4 Å². The molecule has 1 N–H and O–H groups in total. The van der Waals surface area contributed by atoms with Crippen molar-refractivity contribution in [1.82, 2.24) is 4.90 Å². The molecule has 6 rings (SSSR count). The van der Waals surface area contributed by atoms with Crippen molar-refractivity contribution in [3.63, 3.8) is 0 Å². The molecule has 26 heavy (non-hydrogen) atoms. The Hall–Kier alpha value is -0.870. The molecule has 1 amide bonds. The Morgan fingerprint density at radius 1 is 1.08 bits per heavy atom. The van der Waals surface area contributed by atoms with E-state index in [-0.39, 0.29) is 9.74 Å². The SMILES string of the molecule is O=C(N1CC[NH+](Cc2ccccc2)CC1)C12C[C@@H]3C[C@@H](CC(Br)(C3)C1)C2. The highest BCUT2D eigenvalue weighted by Crippen LogP contribution is 2.64. The van der Waals surface area contributed by atoms with Crippen LogP contribution in [0.15, 0.2) is 30.3 Å². The quantitative estimate of drug-likeness (QED) is 0.751. The molecule has 5 fully saturated rings. The van der Waals surface area contributed by atoms with Crippen molar-refractivity contribution in [2.24, 2.45) is 17.3 Å². The number of carbonyl (C=O) groups excluding carboxylic acids is 1. The molecule has 4 saturated carbocycles. The Bertz CT molecular complexity index is 669. The summed E-state index contributed by atoms with van der Waals surface area (Å²) >= 11 is 4.06. The fourth-order valence-corrected chi connectivity index (χ4v) is 8.28. The third kappa shape index (κ3) is 3.03. The van der Waals surface area contributed by atoms with Gasteiger partial charge in [0.2, 0.25) is 5.91 Å². The molecule has 3 nitrogen and oxygen atoms in total. The number of nitrogens with one attached hydrogen (secondary N) is 1. The van der Waals surface area contributed by atoms with Gasteiger partial charge < -0.3 is 9.80 Å². The smallest absolute Gasteiger partial charge is 0.229 e. The topological polar surface area (TPSA) is 24.8 Å². The third-order valence-electron chi connectivity index (χ3n) is 7.50. The maximum absolute atomic E-state index is 13.6. The Morgan fingerprint density at radius 2 is 1.73 bits per heavy atom. The summed E-state index contributed by atoms with van der Waals surface area (Å²) in [5.41, 5.74) is 1.37. The zero-order chi connectivity index (χ0) is 17.8. The maximum atomic E-state index is 13.6. The molecule has 1 aromatic rings. The fraction of sp³-hybridized carbons (Fsp3) is 0.682. The highest BCUT2D eigenvalue weighted by Gasteiger charge is 2.60. The average molecular weight is 418 g/mol. The molecule has 0 spiro atoms. The number of hydrogen-bond donors (Lipinski definition) is 1. The van der Waals surface area contributed by atoms with Gasteiger partial charge in [0.1, 0.15) is 6.54 Å². The van der Waals surface area contributed by atoms with Crippen molar-refractivity contribution in [2.75, 3.05) is 26.2 Å². The van der Waals surface area contributed by atoms with Crippen LogP contribution in [0.3, 0.4) is 0 Å². The van der Waals surface area contributed by atoms with Gasteiger partial charge in [0.15, 0.2) is 0 Å². The molecular formula is C22H30BrN2O+. The van der Waals surface area contributed by atoms with Gasteiger partial charge in [0, 0.05) is 9.89 Å². The summed E-state index contributed by atoms with van der Waals surface area (Å²) in [6.45, 7) is 5.13. The number of quaternary nitrogens is 1. The number of amides is 1. The van der Waals surface area contributed by atoms with Crippen LogP contribution in [0.5, 0.6) is 0 Å². The van der Waals surface area contributed by atoms with Crippen LogP contribution in [0.4, 0.5) is 0 Å². The van der Waals surface area contributed by atoms with E-state index < -0.39 is 0 Å². The number of benzene rings is 1. The second-order valence-electron chi connectivity index (χ2n) is 9.60. The standard InChI is InChI=1S/C22H29BrN2O/c23-22-13-18-10-19(14-22)12-21(11-18,16-22)20(26)25-8-6-24(7-9-25)15-17-4-2-1-3-5-17/h1-5,18-19H,6-16H2/p+1/t18-,19+,21?,22?. The molecule has 140 valence electrons. The fourth-order valence-electron chi connectivity index (χ4n) is 6.82. The summed E-state index contributed by atoms with van der Waals surface area (Å²) in [7, 11) is 0. The van der Waals surface area contributed by atoms with E-state index in [0.29, 0.717) is 5.91 Å². The second kappa shape index (κ2) is 6.34. The molecule has 1 heterocycles. The summed E-state index contributed by atoms with van der Waals surface area (Å²) in [6, 6.07) is 10.8. The van der Waals surface area contributed by atoms with Crippen molar-refractivity contribution in [3.8, 4) is 0 Å². The molecule has 4 heteroatoms. The lowest BCUT2D eigenvalue weighted by atomic mass is 9.49. The summed E-state index contributed by atoms with van der Waals surface area (Å²) < 4.78 is 0.271. The minimum absolute atomic E-state index is 0.0372. The molecule has 4 atom stereocenters. The molecule has 0 radical (unpaired) electrons. The minimum Gasteiger partial charge on any atom is -0.331 e. The maximum Gasteiger partial charge on any atom is 0.229 e. The first-order chi connectivity index (χ1) is 12.5. The number of halogens is 1. The van der Waals surface area contributed by atoms with E-state index in [1.165, 1.54) is 24.8 Å². The van der Waals surface area contributed by atoms with E-state index in [9.17, 15) is 4.79 Å². The number of piperazine rings is 1. The van der Waals surface area contributed by atoms with Gasteiger partial charge in [-0.25, -0.2) is 0 Å². The average Bonchev–Trinajstić information content (AvgIpc) is 2.60. The van der Waals surface area contributed by atoms with Gasteiger partial charge in [0.05, 0.1) is 31.6 Å². The van der Waals surface area contributed by atoms with E-state index in [0.717, 1.165) is 63.8 Å². The van der Waals surface area contributed by atoms with Crippen LogP contribution in [-0.2, 0) is 11.3 Å². The Labute approximate surface area is 165 Å². The monoisotopic (exact) mass is 417 g/mol. The largest absolute Gasteiger partial charge is 0.331 e. The molecule has 4 aliphatic carbocycles. The first-order valence-corrected chi connectivity index (χ1v) is 11.2. The summed E-state index contributed by atoms with van der Waals surface area (Å²) in [5.74, 6) is 2.06. The van der Waals surface area contributed by atoms with Gasteiger partial charge in [-0.2, -0.15) is 0 Å². The number of alkyl halides is 1. The van der Waals surface area contributed by atoms with Crippen molar-refractivity contribution in [3.05, 3.63) is 35.9 Å². The predicted molar refractivity (Wildman–Crippen MR) is 106 cm³/mol. The first-order valence-electron chi connectivity index (χ1n) is 10.4. The van der Waals surface area contributed by atoms with Crippen LogP contribution in [0, 0.1) is 17.3 Å². The van der Waals surface area contributed by atoms with E-state index in [1.54, 1.807) is 4.90 Å². The Balaban J connectivity index is 1.24. The van der Waals surface area contributed by atoms with Crippen LogP contribution >= 0.6 is 15.9 Å². The van der Waals surface area contributed by atoms with Gasteiger partial charge in [-0.15, -0.1) is 0 Å². The number of nitrogens with zero attached hydrogens (tertiary/aromatic N) is 1. The summed E-state index contributed by atoms with van der Waals surface area (Å²) in [4.78, 5) is 17.4. The predicted octanol–water partition coefficient (Wildman–Crippen LogP) is 2.65. The molecule has 1 saturated heterocycles. The van der Waals surface area contributed by atoms with Crippen molar-refractivity contribution in [1.29, 1.82) is 0 Å². The highest BCUT2D eigenvalue weighted by atomic mass is 79.9. The van der Waals surface area contributed by atoms with E-state index in [4.69, 9.17) is 0 Å². The van der Waals surface area contributed by atoms with Gasteiger partial charge in [0.25, 0.3) is 0 Å². The molecule has 4 bridgehead atoms. The van der Waals surface area contributed by atoms with Crippen molar-refractivity contribution >= 4 is 21.8 Å². The van der Waals surface area contributed by atoms with Crippen LogP contribution in [0.25, 0.3) is 0 Å². The lowest BCUT2D eigenvalue weighted by Gasteiger charge is -2.60. The van der Waals surface area contributed by atoms with E-state index in [1.807, 2.05) is 0 Å². The van der Waals surface area contributed by atoms with Crippen molar-refractivity contribution < 1.29 is 9.69 Å². The Kier molecular flexibility index (Phi) is 4.20. The lowest BCUT2D eigenvalue weighted by Crippen LogP contribution is -3.13. The van der Waals surface area contributed by atoms with Crippen LogP contribution in [0.2, 0.25) is 0 Å². The molecule has 0 aromatic heterocycles. The number of carbonyl (C=O) groups is 1. The molecule has 1 aromatic carbocycles. The lowest BCUT2D eigenvalue weighted by molar-refractivity contribution is -0.917. The normalized spacial score (nSPS) is 39.3. The van der Waals surface area contributed by atoms with E-state index >= 15 is 0 Å². The second-order valence-corrected chi connectivity index (χ2v) is 11.3. The molecular weight excluding hydrogens is 388 g/mol. The molecule has 1 aliphatic heterocycles. The highest BCUT2D eigenvalue weighted by molar-refractivity contribution is 9.10. The zero-order valence-corrected chi connectivity index (χ0v) is 17.1. The van der Waals surface area contributed by atoms with E-state index in [2.05, 4.69) is 51.2 Å². The van der Waals surface area contributed by atoms with Crippen LogP contribution < -0.4 is 4.90 Å². The number of rotatable bonds is 3. The summed E-state index contributed by atoms with van der Waals surface area (Å²) in [6.07, 6.45) is 7.38. The number of hydrogen-bond acceptors (Lipinski definition) is 1. The minimum atomic E-state index is -0.0372. The zero-order valence-electron chi connectivity index (χ0n) is 15.6. The van der Waals surface area contributed by atoms with Crippen molar-refractivity contribution in [2.45, 2.75) is 49.4 Å². The molecule has 2 unspecified atom stereocenters.